The van der Waals surface area contributed by atoms with Gasteiger partial charge in [-0.15, -0.1) is 18.5 Å². The van der Waals surface area contributed by atoms with Gasteiger partial charge in [0.1, 0.15) is 5.58 Å². The Morgan fingerprint density at radius 2 is 1.73 bits per heavy atom. The fourth-order valence-corrected chi connectivity index (χ4v) is 3.12. The predicted octanol–water partition coefficient (Wildman–Crippen LogP) is 4.52. The highest BCUT2D eigenvalue weighted by Crippen LogP contribution is 2.27. The van der Waals surface area contributed by atoms with Gasteiger partial charge in [0.2, 0.25) is 0 Å². The minimum absolute atomic E-state index is 0.283. The lowest BCUT2D eigenvalue weighted by atomic mass is 10.0. The zero-order valence-corrected chi connectivity index (χ0v) is 14.7. The molecule has 112 valence electrons. The van der Waals surface area contributed by atoms with Gasteiger partial charge in [0.25, 0.3) is 0 Å². The third-order valence-corrected chi connectivity index (χ3v) is 4.70. The van der Waals surface area contributed by atoms with Crippen molar-refractivity contribution in [1.29, 1.82) is 0 Å². The van der Waals surface area contributed by atoms with E-state index in [2.05, 4.69) is 30.6 Å². The predicted molar refractivity (Wildman–Crippen MR) is 99.5 cm³/mol. The summed E-state index contributed by atoms with van der Waals surface area (Å²) in [4.78, 5) is 12.4. The SMILES string of the molecule is Cc1ccc(-c2cc3cc(CP)cc(CP)c3oc2=O)cc1. The van der Waals surface area contributed by atoms with Crippen molar-refractivity contribution in [2.24, 2.45) is 0 Å². The first-order chi connectivity index (χ1) is 10.6. The van der Waals surface area contributed by atoms with Crippen molar-refractivity contribution in [3.05, 3.63) is 69.6 Å². The lowest BCUT2D eigenvalue weighted by Gasteiger charge is -2.08. The standard InChI is InChI=1S/C18H18O2P2/c1-11-2-4-13(5-3-11)16-8-14-6-12(9-21)7-15(10-22)17(14)20-18(16)19/h2-8H,9-10,21-22H2,1H3. The van der Waals surface area contributed by atoms with Gasteiger partial charge in [0.05, 0.1) is 5.56 Å². The molecule has 2 nitrogen and oxygen atoms in total. The molecule has 0 saturated carbocycles. The van der Waals surface area contributed by atoms with Gasteiger partial charge in [0, 0.05) is 5.39 Å². The molecule has 0 saturated heterocycles. The maximum absolute atomic E-state index is 12.4. The van der Waals surface area contributed by atoms with Crippen LogP contribution in [0.5, 0.6) is 0 Å². The van der Waals surface area contributed by atoms with E-state index < -0.39 is 0 Å². The molecule has 1 heterocycles. The molecule has 3 aromatic rings. The van der Waals surface area contributed by atoms with Gasteiger partial charge in [-0.05, 0) is 48.1 Å². The molecule has 2 atom stereocenters. The van der Waals surface area contributed by atoms with Crippen molar-refractivity contribution >= 4 is 29.4 Å². The molecule has 0 spiro atoms. The summed E-state index contributed by atoms with van der Waals surface area (Å²) in [5, 5.41) is 0.979. The summed E-state index contributed by atoms with van der Waals surface area (Å²) in [6.45, 7) is 2.03. The Kier molecular flexibility index (Phi) is 4.43. The number of hydrogen-bond donors (Lipinski definition) is 0. The Hall–Kier alpha value is -1.49. The van der Waals surface area contributed by atoms with Crippen molar-refractivity contribution in [3.8, 4) is 11.1 Å². The largest absolute Gasteiger partial charge is 0.422 e. The molecule has 0 amide bonds. The molecule has 3 rings (SSSR count). The Balaban J connectivity index is 2.27. The molecule has 0 aliphatic rings. The van der Waals surface area contributed by atoms with Crippen LogP contribution in [-0.4, -0.2) is 0 Å². The van der Waals surface area contributed by atoms with Gasteiger partial charge in [-0.1, -0.05) is 35.9 Å². The highest BCUT2D eigenvalue weighted by molar-refractivity contribution is 7.15. The first-order valence-electron chi connectivity index (χ1n) is 7.19. The monoisotopic (exact) mass is 328 g/mol. The smallest absolute Gasteiger partial charge is 0.344 e. The summed E-state index contributed by atoms with van der Waals surface area (Å²) in [5.41, 5.74) is 5.36. The number of rotatable bonds is 3. The molecule has 2 unspecified atom stereocenters. The second-order valence-electron chi connectivity index (χ2n) is 5.40. The van der Waals surface area contributed by atoms with Gasteiger partial charge < -0.3 is 4.42 Å². The summed E-state index contributed by atoms with van der Waals surface area (Å²) in [6.07, 6.45) is 1.65. The highest BCUT2D eigenvalue weighted by Gasteiger charge is 2.11. The molecule has 1 aromatic heterocycles. The van der Waals surface area contributed by atoms with Crippen LogP contribution in [0.25, 0.3) is 22.1 Å². The van der Waals surface area contributed by atoms with Crippen LogP contribution in [0.15, 0.2) is 51.7 Å². The van der Waals surface area contributed by atoms with Crippen LogP contribution < -0.4 is 5.63 Å². The van der Waals surface area contributed by atoms with Crippen molar-refractivity contribution in [2.75, 3.05) is 0 Å². The molecule has 22 heavy (non-hydrogen) atoms. The zero-order chi connectivity index (χ0) is 15.7. The fourth-order valence-electron chi connectivity index (χ4n) is 2.58. The Bertz CT molecular complexity index is 880. The Labute approximate surface area is 134 Å². The molecular formula is C18H18O2P2. The third kappa shape index (κ3) is 2.86. The van der Waals surface area contributed by atoms with Crippen molar-refractivity contribution in [1.82, 2.24) is 0 Å². The summed E-state index contributed by atoms with van der Waals surface area (Å²) < 4.78 is 5.62. The quantitative estimate of drug-likeness (QED) is 0.523. The maximum Gasteiger partial charge on any atom is 0.344 e. The molecule has 4 heteroatoms. The normalized spacial score (nSPS) is 11.0. The van der Waals surface area contributed by atoms with Crippen molar-refractivity contribution in [2.45, 2.75) is 19.2 Å². The average molecular weight is 328 g/mol. The van der Waals surface area contributed by atoms with Crippen LogP contribution in [-0.2, 0) is 12.3 Å². The number of hydrogen-bond acceptors (Lipinski definition) is 2. The molecule has 0 aliphatic carbocycles. The number of aryl methyl sites for hydroxylation is 1. The molecule has 0 aliphatic heterocycles. The molecule has 0 bridgehead atoms. The van der Waals surface area contributed by atoms with Crippen LogP contribution in [0.3, 0.4) is 0 Å². The second-order valence-corrected chi connectivity index (χ2v) is 6.21. The second kappa shape index (κ2) is 6.32. The van der Waals surface area contributed by atoms with E-state index in [9.17, 15) is 4.79 Å². The average Bonchev–Trinajstić information content (AvgIpc) is 2.54. The van der Waals surface area contributed by atoms with Crippen LogP contribution in [0, 0.1) is 6.92 Å². The van der Waals surface area contributed by atoms with E-state index in [1.54, 1.807) is 0 Å². The van der Waals surface area contributed by atoms with E-state index in [1.807, 2.05) is 37.3 Å². The topological polar surface area (TPSA) is 30.2 Å². The minimum atomic E-state index is -0.283. The van der Waals surface area contributed by atoms with Gasteiger partial charge in [-0.2, -0.15) is 0 Å². The van der Waals surface area contributed by atoms with Crippen LogP contribution >= 0.6 is 18.5 Å². The van der Waals surface area contributed by atoms with Gasteiger partial charge >= 0.3 is 5.63 Å². The Morgan fingerprint density at radius 3 is 2.36 bits per heavy atom. The van der Waals surface area contributed by atoms with E-state index in [4.69, 9.17) is 4.42 Å². The molecule has 0 radical (unpaired) electrons. The van der Waals surface area contributed by atoms with Crippen molar-refractivity contribution in [3.63, 3.8) is 0 Å². The van der Waals surface area contributed by atoms with Crippen LogP contribution in [0.4, 0.5) is 0 Å². The molecule has 0 N–H and O–H groups in total. The summed E-state index contributed by atoms with van der Waals surface area (Å²) >= 11 is 0. The van der Waals surface area contributed by atoms with Gasteiger partial charge in [-0.3, -0.25) is 0 Å². The van der Waals surface area contributed by atoms with E-state index in [1.165, 1.54) is 11.1 Å². The van der Waals surface area contributed by atoms with E-state index >= 15 is 0 Å². The van der Waals surface area contributed by atoms with Gasteiger partial charge in [-0.25, -0.2) is 4.79 Å². The van der Waals surface area contributed by atoms with E-state index in [0.717, 1.165) is 28.8 Å². The molecular weight excluding hydrogens is 310 g/mol. The van der Waals surface area contributed by atoms with Crippen LogP contribution in [0.2, 0.25) is 0 Å². The van der Waals surface area contributed by atoms with Gasteiger partial charge in [0.15, 0.2) is 0 Å². The molecule has 2 aromatic carbocycles. The zero-order valence-electron chi connectivity index (χ0n) is 12.4. The number of benzene rings is 2. The molecule has 0 fully saturated rings. The third-order valence-electron chi connectivity index (χ3n) is 3.79. The Morgan fingerprint density at radius 1 is 1.00 bits per heavy atom. The minimum Gasteiger partial charge on any atom is -0.422 e. The summed E-state index contributed by atoms with van der Waals surface area (Å²) in [5.74, 6) is 0. The number of fused-ring (bicyclic) bond motifs is 1. The summed E-state index contributed by atoms with van der Waals surface area (Å²) in [6, 6.07) is 14.1. The highest BCUT2D eigenvalue weighted by atomic mass is 31.0. The van der Waals surface area contributed by atoms with E-state index in [-0.39, 0.29) is 5.63 Å². The van der Waals surface area contributed by atoms with Crippen LogP contribution in [0.1, 0.15) is 16.7 Å². The first-order valence-corrected chi connectivity index (χ1v) is 8.82. The summed E-state index contributed by atoms with van der Waals surface area (Å²) in [7, 11) is 5.43. The lowest BCUT2D eigenvalue weighted by Crippen LogP contribution is -2.04. The maximum atomic E-state index is 12.4. The first kappa shape index (κ1) is 15.4. The lowest BCUT2D eigenvalue weighted by molar-refractivity contribution is 0.561. The van der Waals surface area contributed by atoms with E-state index in [0.29, 0.717) is 11.1 Å². The van der Waals surface area contributed by atoms with Crippen molar-refractivity contribution < 1.29 is 4.42 Å². The fraction of sp³-hybridized carbons (Fsp3) is 0.167.